The lowest BCUT2D eigenvalue weighted by atomic mass is 10.00. The number of carboxylic acid groups (broad SMARTS) is 1. The first-order valence-electron chi connectivity index (χ1n) is 15.4. The molecule has 0 spiro atoms. The second-order valence-electron chi connectivity index (χ2n) is 11.0. The summed E-state index contributed by atoms with van der Waals surface area (Å²) in [4.78, 5) is 26.4. The lowest BCUT2D eigenvalue weighted by molar-refractivity contribution is -0.139. The van der Waals surface area contributed by atoms with Crippen LogP contribution >= 0.6 is 0 Å². The molecule has 0 fully saturated rings. The Hall–Kier alpha value is -4.62. The highest BCUT2D eigenvalue weighted by Crippen LogP contribution is 2.26. The zero-order valence-corrected chi connectivity index (χ0v) is 25.7. The van der Waals surface area contributed by atoms with Gasteiger partial charge in [-0.2, -0.15) is 0 Å². The van der Waals surface area contributed by atoms with Crippen LogP contribution in [0.2, 0.25) is 0 Å². The van der Waals surface area contributed by atoms with Crippen LogP contribution in [-0.4, -0.2) is 36.7 Å². The Morgan fingerprint density at radius 3 is 2.25 bits per heavy atom. The van der Waals surface area contributed by atoms with E-state index in [1.807, 2.05) is 103 Å². The third-order valence-corrected chi connectivity index (χ3v) is 7.55. The molecule has 0 bridgehead atoms. The first-order valence-corrected chi connectivity index (χ1v) is 15.4. The average Bonchev–Trinajstić information content (AvgIpc) is 3.05. The normalized spacial score (nSPS) is 11.5. The van der Waals surface area contributed by atoms with Gasteiger partial charge in [0.15, 0.2) is 0 Å². The molecule has 230 valence electrons. The summed E-state index contributed by atoms with van der Waals surface area (Å²) in [6.07, 6.45) is 6.11. The Kier molecular flexibility index (Phi) is 12.4. The number of ether oxygens (including phenoxy) is 1. The zero-order chi connectivity index (χ0) is 31.1. The van der Waals surface area contributed by atoms with E-state index in [0.29, 0.717) is 25.3 Å². The van der Waals surface area contributed by atoms with Crippen molar-refractivity contribution in [3.8, 4) is 22.6 Å². The molecule has 0 radical (unpaired) electrons. The van der Waals surface area contributed by atoms with Gasteiger partial charge in [0.1, 0.15) is 17.5 Å². The van der Waals surface area contributed by atoms with Gasteiger partial charge in [-0.05, 0) is 71.5 Å². The number of amides is 2. The molecule has 4 rings (SSSR count). The quantitative estimate of drug-likeness (QED) is 0.114. The Bertz CT molecular complexity index is 1470. The number of nitrogens with one attached hydrogen (secondary N) is 2. The molecule has 1 atom stereocenters. The van der Waals surface area contributed by atoms with Crippen molar-refractivity contribution < 1.29 is 19.4 Å². The SMILES string of the molecule is CCCCCCCNC(=O)N(C)c1cccc(-c2ccc(CC(NCc3cccc(Oc4ccccc4)c3)C(=O)O)cc2)c1. The second-order valence-corrected chi connectivity index (χ2v) is 11.0. The number of nitrogens with zero attached hydrogens (tertiary/aromatic N) is 1. The molecule has 0 saturated heterocycles. The summed E-state index contributed by atoms with van der Waals surface area (Å²) in [5, 5.41) is 16.1. The maximum atomic E-state index is 12.7. The van der Waals surface area contributed by atoms with Crippen LogP contribution in [0.5, 0.6) is 11.5 Å². The molecule has 0 aliphatic rings. The van der Waals surface area contributed by atoms with E-state index in [-0.39, 0.29) is 6.03 Å². The number of urea groups is 1. The fourth-order valence-corrected chi connectivity index (χ4v) is 4.95. The number of carboxylic acids is 1. The number of hydrogen-bond donors (Lipinski definition) is 3. The van der Waals surface area contributed by atoms with E-state index >= 15 is 0 Å². The van der Waals surface area contributed by atoms with Crippen LogP contribution in [0.25, 0.3) is 11.1 Å². The van der Waals surface area contributed by atoms with Crippen LogP contribution in [0.3, 0.4) is 0 Å². The first kappa shape index (κ1) is 32.3. The van der Waals surface area contributed by atoms with E-state index in [9.17, 15) is 14.7 Å². The fraction of sp³-hybridized carbons (Fsp3) is 0.297. The molecule has 3 N–H and O–H groups in total. The molecule has 4 aromatic carbocycles. The zero-order valence-electron chi connectivity index (χ0n) is 25.7. The minimum absolute atomic E-state index is 0.115. The molecule has 0 heterocycles. The summed E-state index contributed by atoms with van der Waals surface area (Å²) in [7, 11) is 1.78. The summed E-state index contributed by atoms with van der Waals surface area (Å²) >= 11 is 0. The van der Waals surface area contributed by atoms with Crippen LogP contribution in [0, 0.1) is 0 Å². The molecule has 2 amide bonds. The maximum Gasteiger partial charge on any atom is 0.321 e. The summed E-state index contributed by atoms with van der Waals surface area (Å²) in [5.74, 6) is 0.546. The lowest BCUT2D eigenvalue weighted by Gasteiger charge is -2.19. The number of benzene rings is 4. The van der Waals surface area contributed by atoms with Gasteiger partial charge in [-0.3, -0.25) is 9.69 Å². The molecule has 4 aromatic rings. The van der Waals surface area contributed by atoms with Gasteiger partial charge in [-0.1, -0.05) is 99.3 Å². The van der Waals surface area contributed by atoms with Crippen molar-refractivity contribution in [2.45, 2.75) is 58.0 Å². The van der Waals surface area contributed by atoms with Gasteiger partial charge in [0.2, 0.25) is 0 Å². The number of carbonyl (C=O) groups is 2. The maximum absolute atomic E-state index is 12.7. The predicted octanol–water partition coefficient (Wildman–Crippen LogP) is 8.05. The van der Waals surface area contributed by atoms with Crippen LogP contribution < -0.4 is 20.3 Å². The predicted molar refractivity (Wildman–Crippen MR) is 177 cm³/mol. The minimum Gasteiger partial charge on any atom is -0.480 e. The number of rotatable bonds is 16. The summed E-state index contributed by atoms with van der Waals surface area (Å²) < 4.78 is 5.91. The molecular weight excluding hydrogens is 550 g/mol. The number of anilines is 1. The first-order chi connectivity index (χ1) is 21.4. The van der Waals surface area contributed by atoms with Crippen molar-refractivity contribution in [1.29, 1.82) is 0 Å². The van der Waals surface area contributed by atoms with Gasteiger partial charge in [-0.15, -0.1) is 0 Å². The topological polar surface area (TPSA) is 90.9 Å². The van der Waals surface area contributed by atoms with Crippen LogP contribution in [0.1, 0.15) is 50.2 Å². The van der Waals surface area contributed by atoms with Crippen LogP contribution in [0.4, 0.5) is 10.5 Å². The van der Waals surface area contributed by atoms with Crippen molar-refractivity contribution in [1.82, 2.24) is 10.6 Å². The highest BCUT2D eigenvalue weighted by atomic mass is 16.5. The van der Waals surface area contributed by atoms with Gasteiger partial charge in [-0.25, -0.2) is 4.79 Å². The van der Waals surface area contributed by atoms with E-state index in [0.717, 1.165) is 46.5 Å². The van der Waals surface area contributed by atoms with Crippen molar-refractivity contribution >= 4 is 17.7 Å². The van der Waals surface area contributed by atoms with E-state index in [1.165, 1.54) is 19.3 Å². The largest absolute Gasteiger partial charge is 0.480 e. The third-order valence-electron chi connectivity index (χ3n) is 7.55. The molecule has 0 aliphatic carbocycles. The van der Waals surface area contributed by atoms with E-state index in [2.05, 4.69) is 17.6 Å². The summed E-state index contributed by atoms with van der Waals surface area (Å²) in [5.41, 5.74) is 4.64. The molecule has 7 nitrogen and oxygen atoms in total. The molecule has 44 heavy (non-hydrogen) atoms. The molecule has 0 saturated carbocycles. The number of para-hydroxylation sites is 1. The standard InChI is InChI=1S/C37H43N3O4/c1-3-4-5-6-10-23-38-37(43)40(2)32-15-12-14-31(26-32)30-21-19-28(20-22-30)25-35(36(41)42)39-27-29-13-11-18-34(24-29)44-33-16-8-7-9-17-33/h7-9,11-22,24,26,35,39H,3-6,10,23,25,27H2,1-2H3,(H,38,43)(H,41,42). The Balaban J connectivity index is 1.32. The Morgan fingerprint density at radius 1 is 0.773 bits per heavy atom. The molecule has 7 heteroatoms. The summed E-state index contributed by atoms with van der Waals surface area (Å²) in [6, 6.07) is 32.1. The Morgan fingerprint density at radius 2 is 1.50 bits per heavy atom. The molecule has 0 aromatic heterocycles. The lowest BCUT2D eigenvalue weighted by Crippen LogP contribution is -2.38. The van der Waals surface area contributed by atoms with Gasteiger partial charge >= 0.3 is 12.0 Å². The van der Waals surface area contributed by atoms with Gasteiger partial charge in [0.25, 0.3) is 0 Å². The van der Waals surface area contributed by atoms with Crippen LogP contribution in [-0.2, 0) is 17.8 Å². The number of unbranched alkanes of at least 4 members (excludes halogenated alkanes) is 4. The minimum atomic E-state index is -0.902. The van der Waals surface area contributed by atoms with E-state index < -0.39 is 12.0 Å². The van der Waals surface area contributed by atoms with Gasteiger partial charge in [0.05, 0.1) is 0 Å². The second kappa shape index (κ2) is 16.9. The molecule has 1 unspecified atom stereocenters. The molecular formula is C37H43N3O4. The van der Waals surface area contributed by atoms with Crippen molar-refractivity contribution in [2.24, 2.45) is 0 Å². The summed E-state index contributed by atoms with van der Waals surface area (Å²) in [6.45, 7) is 3.27. The number of hydrogen-bond acceptors (Lipinski definition) is 4. The van der Waals surface area contributed by atoms with Crippen molar-refractivity contribution in [2.75, 3.05) is 18.5 Å². The number of carbonyl (C=O) groups excluding carboxylic acids is 1. The van der Waals surface area contributed by atoms with E-state index in [4.69, 9.17) is 4.74 Å². The molecule has 0 aliphatic heterocycles. The smallest absolute Gasteiger partial charge is 0.321 e. The van der Waals surface area contributed by atoms with Gasteiger partial charge < -0.3 is 20.5 Å². The monoisotopic (exact) mass is 593 g/mol. The van der Waals surface area contributed by atoms with Crippen molar-refractivity contribution in [3.05, 3.63) is 114 Å². The number of aliphatic carboxylic acids is 1. The highest BCUT2D eigenvalue weighted by Gasteiger charge is 2.18. The van der Waals surface area contributed by atoms with Crippen molar-refractivity contribution in [3.63, 3.8) is 0 Å². The fourth-order valence-electron chi connectivity index (χ4n) is 4.95. The third kappa shape index (κ3) is 9.99. The van der Waals surface area contributed by atoms with Gasteiger partial charge in [0, 0.05) is 25.8 Å². The average molecular weight is 594 g/mol. The highest BCUT2D eigenvalue weighted by molar-refractivity contribution is 5.92. The van der Waals surface area contributed by atoms with Crippen LogP contribution in [0.15, 0.2) is 103 Å². The van der Waals surface area contributed by atoms with E-state index in [1.54, 1.807) is 11.9 Å². The Labute approximate surface area is 260 Å².